The second-order valence-electron chi connectivity index (χ2n) is 5.73. The van der Waals surface area contributed by atoms with Crippen molar-refractivity contribution in [3.63, 3.8) is 0 Å². The van der Waals surface area contributed by atoms with Crippen LogP contribution >= 0.6 is 0 Å². The van der Waals surface area contributed by atoms with E-state index in [1.54, 1.807) is 0 Å². The van der Waals surface area contributed by atoms with Gasteiger partial charge in [-0.3, -0.25) is 0 Å². The smallest absolute Gasteiger partial charge is 0.383 e. The third kappa shape index (κ3) is 10.1. The number of ether oxygens (including phenoxy) is 2. The molecule has 0 radical (unpaired) electrons. The van der Waals surface area contributed by atoms with Crippen molar-refractivity contribution in [3.8, 4) is 0 Å². The van der Waals surface area contributed by atoms with E-state index in [4.69, 9.17) is 9.47 Å². The lowest BCUT2D eigenvalue weighted by Gasteiger charge is -2.05. The predicted molar refractivity (Wildman–Crippen MR) is 85.3 cm³/mol. The van der Waals surface area contributed by atoms with Gasteiger partial charge in [-0.15, -0.1) is 0 Å². The van der Waals surface area contributed by atoms with Gasteiger partial charge in [-0.25, -0.2) is 4.99 Å². The molecule has 0 spiro atoms. The zero-order valence-corrected chi connectivity index (χ0v) is 13.4. The number of hydrogen-bond acceptors (Lipinski definition) is 3. The maximum absolute atomic E-state index is 5.42. The Kier molecular flexibility index (Phi) is 11.5. The van der Waals surface area contributed by atoms with Gasteiger partial charge in [0.25, 0.3) is 0 Å². The molecule has 1 aliphatic heterocycles. The maximum atomic E-state index is 5.42. The minimum atomic E-state index is 0.507. The zero-order chi connectivity index (χ0) is 14.3. The van der Waals surface area contributed by atoms with E-state index < -0.39 is 0 Å². The number of unbranched alkanes of at least 4 members (excludes halogenated alkanes) is 11. The largest absolute Gasteiger partial charge is 0.451 e. The van der Waals surface area contributed by atoms with Gasteiger partial charge in [0, 0.05) is 0 Å². The van der Waals surface area contributed by atoms with E-state index >= 15 is 0 Å². The molecule has 1 rings (SSSR count). The van der Waals surface area contributed by atoms with Crippen LogP contribution in [0, 0.1) is 0 Å². The van der Waals surface area contributed by atoms with Crippen LogP contribution < -0.4 is 0 Å². The zero-order valence-electron chi connectivity index (χ0n) is 13.4. The summed E-state index contributed by atoms with van der Waals surface area (Å²) in [5.41, 5.74) is 0. The van der Waals surface area contributed by atoms with Crippen LogP contribution in [0.25, 0.3) is 0 Å². The second kappa shape index (κ2) is 13.3. The summed E-state index contributed by atoms with van der Waals surface area (Å²) in [4.78, 5) is 4.10. The lowest BCUT2D eigenvalue weighted by Crippen LogP contribution is -2.06. The van der Waals surface area contributed by atoms with Crippen molar-refractivity contribution in [1.29, 1.82) is 0 Å². The van der Waals surface area contributed by atoms with Crippen LogP contribution in [-0.2, 0) is 9.47 Å². The molecule has 0 unspecified atom stereocenters. The standard InChI is InChI=1S/C17H33NO2/c1-2-3-4-5-6-7-8-9-10-11-12-13-15-19-17-18-14-16-20-17/h2-16H2,1H3. The molecule has 3 nitrogen and oxygen atoms in total. The summed E-state index contributed by atoms with van der Waals surface area (Å²) >= 11 is 0. The molecular weight excluding hydrogens is 250 g/mol. The fraction of sp³-hybridized carbons (Fsp3) is 0.941. The quantitative estimate of drug-likeness (QED) is 0.441. The van der Waals surface area contributed by atoms with Gasteiger partial charge in [0.05, 0.1) is 13.2 Å². The first kappa shape index (κ1) is 17.3. The van der Waals surface area contributed by atoms with Crippen LogP contribution in [0.3, 0.4) is 0 Å². The van der Waals surface area contributed by atoms with E-state index in [2.05, 4.69) is 11.9 Å². The first-order chi connectivity index (χ1) is 9.93. The van der Waals surface area contributed by atoms with Crippen LogP contribution in [-0.4, -0.2) is 25.8 Å². The highest BCUT2D eigenvalue weighted by Gasteiger charge is 2.07. The Bertz CT molecular complexity index is 241. The van der Waals surface area contributed by atoms with Gasteiger partial charge in [-0.2, -0.15) is 0 Å². The lowest BCUT2D eigenvalue weighted by molar-refractivity contribution is 0.185. The Balaban J connectivity index is 1.68. The Morgan fingerprint density at radius 2 is 1.40 bits per heavy atom. The van der Waals surface area contributed by atoms with E-state index in [1.165, 1.54) is 70.6 Å². The Labute approximate surface area is 125 Å². The second-order valence-corrected chi connectivity index (χ2v) is 5.73. The first-order valence-corrected chi connectivity index (χ1v) is 8.73. The van der Waals surface area contributed by atoms with Gasteiger partial charge in [-0.1, -0.05) is 77.6 Å². The number of aliphatic imine (C=N–C) groups is 1. The summed E-state index contributed by atoms with van der Waals surface area (Å²) in [5, 5.41) is 0. The molecule has 3 heteroatoms. The maximum Gasteiger partial charge on any atom is 0.383 e. The summed E-state index contributed by atoms with van der Waals surface area (Å²) in [6.07, 6.45) is 17.0. The van der Waals surface area contributed by atoms with E-state index in [0.29, 0.717) is 12.7 Å². The van der Waals surface area contributed by atoms with E-state index in [0.717, 1.165) is 19.6 Å². The van der Waals surface area contributed by atoms with Crippen molar-refractivity contribution in [2.75, 3.05) is 19.8 Å². The van der Waals surface area contributed by atoms with Gasteiger partial charge < -0.3 is 9.47 Å². The highest BCUT2D eigenvalue weighted by molar-refractivity contribution is 5.68. The summed E-state index contributed by atoms with van der Waals surface area (Å²) < 4.78 is 10.6. The number of rotatable bonds is 13. The fourth-order valence-corrected chi connectivity index (χ4v) is 2.51. The molecule has 1 heterocycles. The molecule has 0 saturated heterocycles. The van der Waals surface area contributed by atoms with Crippen molar-refractivity contribution in [2.24, 2.45) is 4.99 Å². The topological polar surface area (TPSA) is 30.8 Å². The first-order valence-electron chi connectivity index (χ1n) is 8.73. The van der Waals surface area contributed by atoms with Gasteiger partial charge in [0.1, 0.15) is 6.61 Å². The molecule has 118 valence electrons. The third-order valence-electron chi connectivity index (χ3n) is 3.78. The minimum absolute atomic E-state index is 0.507. The SMILES string of the molecule is CCCCCCCCCCCCCCOC1=NCCO1. The van der Waals surface area contributed by atoms with E-state index in [-0.39, 0.29) is 0 Å². The van der Waals surface area contributed by atoms with Crippen LogP contribution in [0.15, 0.2) is 4.99 Å². The third-order valence-corrected chi connectivity index (χ3v) is 3.78. The normalized spacial score (nSPS) is 14.2. The van der Waals surface area contributed by atoms with Crippen LogP contribution in [0.4, 0.5) is 0 Å². The van der Waals surface area contributed by atoms with Crippen molar-refractivity contribution < 1.29 is 9.47 Å². The molecule has 0 aliphatic carbocycles. The Morgan fingerprint density at radius 3 is 1.90 bits per heavy atom. The molecule has 0 saturated carbocycles. The highest BCUT2D eigenvalue weighted by atomic mass is 16.7. The average molecular weight is 283 g/mol. The molecule has 0 aromatic carbocycles. The number of hydrogen-bond donors (Lipinski definition) is 0. The van der Waals surface area contributed by atoms with Crippen molar-refractivity contribution in [1.82, 2.24) is 0 Å². The van der Waals surface area contributed by atoms with E-state index in [1.807, 2.05) is 0 Å². The molecule has 0 aromatic heterocycles. The summed E-state index contributed by atoms with van der Waals surface area (Å²) in [7, 11) is 0. The van der Waals surface area contributed by atoms with Gasteiger partial charge in [0.2, 0.25) is 0 Å². The minimum Gasteiger partial charge on any atom is -0.451 e. The molecule has 0 fully saturated rings. The van der Waals surface area contributed by atoms with Crippen molar-refractivity contribution in [3.05, 3.63) is 0 Å². The van der Waals surface area contributed by atoms with Crippen LogP contribution in [0.5, 0.6) is 0 Å². The molecular formula is C17H33NO2. The van der Waals surface area contributed by atoms with Gasteiger partial charge >= 0.3 is 6.08 Å². The lowest BCUT2D eigenvalue weighted by atomic mass is 10.1. The Hall–Kier alpha value is -0.730. The van der Waals surface area contributed by atoms with Gasteiger partial charge in [-0.05, 0) is 6.42 Å². The Morgan fingerprint density at radius 1 is 0.850 bits per heavy atom. The van der Waals surface area contributed by atoms with Crippen LogP contribution in [0.2, 0.25) is 0 Å². The highest BCUT2D eigenvalue weighted by Crippen LogP contribution is 2.12. The molecule has 20 heavy (non-hydrogen) atoms. The summed E-state index contributed by atoms with van der Waals surface area (Å²) in [6.45, 7) is 4.48. The predicted octanol–water partition coefficient (Wildman–Crippen LogP) is 5.09. The van der Waals surface area contributed by atoms with Crippen molar-refractivity contribution in [2.45, 2.75) is 84.0 Å². The van der Waals surface area contributed by atoms with E-state index in [9.17, 15) is 0 Å². The number of nitrogens with zero attached hydrogens (tertiary/aromatic N) is 1. The molecule has 0 aromatic rings. The fourth-order valence-electron chi connectivity index (χ4n) is 2.51. The molecule has 0 atom stereocenters. The average Bonchev–Trinajstić information content (AvgIpc) is 2.97. The molecule has 1 aliphatic rings. The summed E-state index contributed by atoms with van der Waals surface area (Å²) in [5.74, 6) is 0. The molecule has 0 amide bonds. The summed E-state index contributed by atoms with van der Waals surface area (Å²) in [6, 6.07) is 0. The molecule has 0 bridgehead atoms. The van der Waals surface area contributed by atoms with Gasteiger partial charge in [0.15, 0.2) is 0 Å². The monoisotopic (exact) mass is 283 g/mol. The van der Waals surface area contributed by atoms with Crippen molar-refractivity contribution >= 4 is 6.08 Å². The van der Waals surface area contributed by atoms with Crippen LogP contribution in [0.1, 0.15) is 84.0 Å². The molecule has 0 N–H and O–H groups in total.